The third-order valence-corrected chi connectivity index (χ3v) is 9.50. The minimum Gasteiger partial charge on any atom is -0.370 e. The van der Waals surface area contributed by atoms with Gasteiger partial charge in [-0.1, -0.05) is 19.9 Å². The van der Waals surface area contributed by atoms with Crippen molar-refractivity contribution in [2.24, 2.45) is 0 Å². The molecule has 1 N–H and O–H groups in total. The fourth-order valence-corrected chi connectivity index (χ4v) is 7.28. The smallest absolute Gasteiger partial charge is 0.241 e. The highest BCUT2D eigenvalue weighted by molar-refractivity contribution is 7.91. The largest absolute Gasteiger partial charge is 0.370 e. The Kier molecular flexibility index (Phi) is 7.25. The first-order valence-electron chi connectivity index (χ1n) is 11.4. The van der Waals surface area contributed by atoms with E-state index in [1.54, 1.807) is 18.5 Å². The first-order chi connectivity index (χ1) is 16.6. The molecule has 0 radical (unpaired) electrons. The van der Waals surface area contributed by atoms with Gasteiger partial charge in [0.15, 0.2) is 0 Å². The van der Waals surface area contributed by atoms with Gasteiger partial charge in [-0.15, -0.1) is 0 Å². The highest BCUT2D eigenvalue weighted by atomic mass is 32.2. The third-order valence-electron chi connectivity index (χ3n) is 6.16. The van der Waals surface area contributed by atoms with Crippen LogP contribution in [0.15, 0.2) is 81.7 Å². The molecule has 1 aromatic heterocycles. The number of nitrogens with zero attached hydrogens (tertiary/aromatic N) is 2. The normalized spacial score (nSPS) is 15.5. The summed E-state index contributed by atoms with van der Waals surface area (Å²) in [6.07, 6.45) is 4.71. The predicted octanol–water partition coefficient (Wildman–Crippen LogP) is 4.12. The predicted molar refractivity (Wildman–Crippen MR) is 132 cm³/mol. The summed E-state index contributed by atoms with van der Waals surface area (Å²) in [5.74, 6) is -0.697. The molecule has 0 unspecified atom stereocenters. The van der Waals surface area contributed by atoms with Gasteiger partial charge in [-0.3, -0.25) is 4.98 Å². The summed E-state index contributed by atoms with van der Waals surface area (Å²) in [5, 5.41) is 0. The minimum absolute atomic E-state index is 0.0506. The average molecular weight is 518 g/mol. The van der Waals surface area contributed by atoms with E-state index in [9.17, 15) is 21.2 Å². The lowest BCUT2D eigenvalue weighted by molar-refractivity contribution is 0.459. The van der Waals surface area contributed by atoms with Crippen molar-refractivity contribution in [2.45, 2.75) is 53.3 Å². The van der Waals surface area contributed by atoms with Crippen LogP contribution in [0.1, 0.15) is 38.2 Å². The maximum absolute atomic E-state index is 13.5. The number of hydrogen-bond acceptors (Lipinski definition) is 6. The quantitative estimate of drug-likeness (QED) is 0.474. The van der Waals surface area contributed by atoms with E-state index < -0.39 is 25.7 Å². The molecule has 3 aromatic rings. The lowest BCUT2D eigenvalue weighted by Crippen LogP contribution is -2.44. The van der Waals surface area contributed by atoms with Gasteiger partial charge in [-0.2, -0.15) is 0 Å². The number of anilines is 1. The van der Waals surface area contributed by atoms with Crippen molar-refractivity contribution in [3.05, 3.63) is 78.4 Å². The van der Waals surface area contributed by atoms with Crippen molar-refractivity contribution in [1.29, 1.82) is 0 Å². The second kappa shape index (κ2) is 10.0. The van der Waals surface area contributed by atoms with E-state index >= 15 is 0 Å². The Bertz CT molecular complexity index is 1390. The highest BCUT2D eigenvalue weighted by Crippen LogP contribution is 2.30. The average Bonchev–Trinajstić information content (AvgIpc) is 2.84. The van der Waals surface area contributed by atoms with E-state index in [1.165, 1.54) is 24.3 Å². The maximum atomic E-state index is 13.5. The van der Waals surface area contributed by atoms with Crippen LogP contribution in [0.2, 0.25) is 0 Å². The fraction of sp³-hybridized carbons (Fsp3) is 0.320. The molecule has 7 nitrogen and oxygen atoms in total. The number of rotatable bonds is 7. The molecule has 35 heavy (non-hydrogen) atoms. The SMILES string of the molecule is CC(C)c1ccc(S(=O)(=O)c2ccc(F)cc2)cc1S(=O)(=O)NC1CCN(c2cccnc2)CC1. The number of piperidine rings is 1. The second-order valence-electron chi connectivity index (χ2n) is 8.91. The van der Waals surface area contributed by atoms with Crippen LogP contribution in [0.4, 0.5) is 10.1 Å². The maximum Gasteiger partial charge on any atom is 0.241 e. The van der Waals surface area contributed by atoms with Gasteiger partial charge >= 0.3 is 0 Å². The summed E-state index contributed by atoms with van der Waals surface area (Å²) < 4.78 is 69.2. The molecular formula is C25H28FN3O4S2. The molecule has 2 aromatic carbocycles. The zero-order valence-electron chi connectivity index (χ0n) is 19.6. The third kappa shape index (κ3) is 5.55. The van der Waals surface area contributed by atoms with E-state index in [4.69, 9.17) is 0 Å². The number of benzene rings is 2. The number of sulfone groups is 1. The Morgan fingerprint density at radius 1 is 0.971 bits per heavy atom. The van der Waals surface area contributed by atoms with Crippen molar-refractivity contribution in [2.75, 3.05) is 18.0 Å². The number of nitrogens with one attached hydrogen (secondary N) is 1. The van der Waals surface area contributed by atoms with E-state index in [2.05, 4.69) is 14.6 Å². The summed E-state index contributed by atoms with van der Waals surface area (Å²) in [4.78, 5) is 5.99. The molecule has 0 atom stereocenters. The lowest BCUT2D eigenvalue weighted by atomic mass is 10.0. The first-order valence-corrected chi connectivity index (χ1v) is 14.4. The zero-order chi connectivity index (χ0) is 25.2. The van der Waals surface area contributed by atoms with E-state index in [0.29, 0.717) is 31.5 Å². The Balaban J connectivity index is 1.59. The van der Waals surface area contributed by atoms with Crippen molar-refractivity contribution >= 4 is 25.5 Å². The van der Waals surface area contributed by atoms with Crippen molar-refractivity contribution in [1.82, 2.24) is 9.71 Å². The molecule has 0 spiro atoms. The summed E-state index contributed by atoms with van der Waals surface area (Å²) in [6.45, 7) is 5.06. The van der Waals surface area contributed by atoms with Crippen molar-refractivity contribution in [3.8, 4) is 0 Å². The number of pyridine rings is 1. The van der Waals surface area contributed by atoms with Crippen LogP contribution >= 0.6 is 0 Å². The van der Waals surface area contributed by atoms with Crippen molar-refractivity contribution < 1.29 is 21.2 Å². The van der Waals surface area contributed by atoms with Crippen LogP contribution in [0, 0.1) is 5.82 Å². The Morgan fingerprint density at radius 3 is 2.23 bits per heavy atom. The molecule has 1 saturated heterocycles. The summed E-state index contributed by atoms with van der Waals surface area (Å²) in [6, 6.07) is 12.2. The van der Waals surface area contributed by atoms with Gasteiger partial charge in [0.05, 0.1) is 26.6 Å². The first kappa shape index (κ1) is 25.3. The molecular weight excluding hydrogens is 489 g/mol. The Hall–Kier alpha value is -2.82. The van der Waals surface area contributed by atoms with E-state index in [1.807, 2.05) is 26.0 Å². The van der Waals surface area contributed by atoms with Crippen molar-refractivity contribution in [3.63, 3.8) is 0 Å². The van der Waals surface area contributed by atoms with Crippen LogP contribution in [-0.2, 0) is 19.9 Å². The van der Waals surface area contributed by atoms with Crippen LogP contribution < -0.4 is 9.62 Å². The van der Waals surface area contributed by atoms with Crippen LogP contribution in [0.25, 0.3) is 0 Å². The molecule has 1 aliphatic heterocycles. The topological polar surface area (TPSA) is 96.4 Å². The molecule has 1 aliphatic rings. The molecule has 4 rings (SSSR count). The molecule has 0 saturated carbocycles. The molecule has 2 heterocycles. The number of aromatic nitrogens is 1. The van der Waals surface area contributed by atoms with Crippen LogP contribution in [-0.4, -0.2) is 41.0 Å². The van der Waals surface area contributed by atoms with Gasteiger partial charge in [-0.25, -0.2) is 25.9 Å². The second-order valence-corrected chi connectivity index (χ2v) is 12.5. The summed E-state index contributed by atoms with van der Waals surface area (Å²) in [5.41, 5.74) is 1.53. The zero-order valence-corrected chi connectivity index (χ0v) is 21.2. The standard InChI is InChI=1S/C25H28FN3O4S2/c1-18(2)24-10-9-23(34(30,31)22-7-5-19(26)6-8-22)16-25(24)35(32,33)28-20-11-14-29(15-12-20)21-4-3-13-27-17-21/h3-10,13,16-18,20,28H,11-12,14-15H2,1-2H3. The molecule has 0 aliphatic carbocycles. The van der Waals surface area contributed by atoms with Gasteiger partial charge in [-0.05, 0) is 72.9 Å². The van der Waals surface area contributed by atoms with Gasteiger partial charge in [0.25, 0.3) is 0 Å². The highest BCUT2D eigenvalue weighted by Gasteiger charge is 2.29. The van der Waals surface area contributed by atoms with Gasteiger partial charge in [0.1, 0.15) is 5.82 Å². The monoisotopic (exact) mass is 517 g/mol. The molecule has 0 bridgehead atoms. The number of halogens is 1. The Morgan fingerprint density at radius 2 is 1.63 bits per heavy atom. The molecule has 10 heteroatoms. The van der Waals surface area contributed by atoms with Crippen LogP contribution in [0.3, 0.4) is 0 Å². The molecule has 1 fully saturated rings. The van der Waals surface area contributed by atoms with Crippen LogP contribution in [0.5, 0.6) is 0 Å². The lowest BCUT2D eigenvalue weighted by Gasteiger charge is -2.33. The van der Waals surface area contributed by atoms with Gasteiger partial charge in [0.2, 0.25) is 19.9 Å². The molecule has 0 amide bonds. The van der Waals surface area contributed by atoms with E-state index in [-0.39, 0.29) is 26.6 Å². The minimum atomic E-state index is -4.02. The number of hydrogen-bond donors (Lipinski definition) is 1. The fourth-order valence-electron chi connectivity index (χ4n) is 4.22. The van der Waals surface area contributed by atoms with Gasteiger partial charge in [0, 0.05) is 25.3 Å². The number of sulfonamides is 1. The van der Waals surface area contributed by atoms with Gasteiger partial charge < -0.3 is 4.90 Å². The van der Waals surface area contributed by atoms with E-state index in [0.717, 1.165) is 17.8 Å². The summed E-state index contributed by atoms with van der Waals surface area (Å²) in [7, 11) is -8.02. The molecule has 186 valence electrons. The summed E-state index contributed by atoms with van der Waals surface area (Å²) >= 11 is 0. The Labute approximate surface area is 206 Å².